The van der Waals surface area contributed by atoms with Crippen LogP contribution >= 0.6 is 0 Å². The summed E-state index contributed by atoms with van der Waals surface area (Å²) < 4.78 is 59.2. The molecule has 0 radical (unpaired) electrons. The molecule has 1 aromatic carbocycles. The molecule has 12 heteroatoms. The van der Waals surface area contributed by atoms with Crippen molar-refractivity contribution in [3.8, 4) is 0 Å². The minimum Gasteiger partial charge on any atom is -0.478 e. The van der Waals surface area contributed by atoms with Gasteiger partial charge in [0.2, 0.25) is 0 Å². The average Bonchev–Trinajstić information content (AvgIpc) is 2.75. The number of carbonyl (C=O) groups is 2. The zero-order valence-corrected chi connectivity index (χ0v) is 17.9. The van der Waals surface area contributed by atoms with Gasteiger partial charge in [-0.05, 0) is 44.0 Å². The van der Waals surface area contributed by atoms with Crippen molar-refractivity contribution in [3.63, 3.8) is 0 Å². The fourth-order valence-corrected chi connectivity index (χ4v) is 4.53. The van der Waals surface area contributed by atoms with Gasteiger partial charge in [-0.1, -0.05) is 0 Å². The number of hydrogen-bond acceptors (Lipinski definition) is 7. The van der Waals surface area contributed by atoms with E-state index in [1.165, 1.54) is 0 Å². The molecule has 9 nitrogen and oxygen atoms in total. The molecule has 0 saturated carbocycles. The second-order valence-electron chi connectivity index (χ2n) is 7.09. The highest BCUT2D eigenvalue weighted by atomic mass is 32.2. The summed E-state index contributed by atoms with van der Waals surface area (Å²) in [6.07, 6.45) is 1.99. The smallest absolute Gasteiger partial charge is 0.339 e. The number of anilines is 2. The van der Waals surface area contributed by atoms with E-state index in [0.717, 1.165) is 18.3 Å². The number of rotatable bonds is 7. The number of aromatic carboxylic acids is 1. The summed E-state index contributed by atoms with van der Waals surface area (Å²) in [5, 5.41) is 9.60. The average molecular weight is 469 g/mol. The van der Waals surface area contributed by atoms with Crippen LogP contribution in [0.2, 0.25) is 0 Å². The van der Waals surface area contributed by atoms with E-state index < -0.39 is 32.5 Å². The molecule has 3 rings (SSSR count). The molecule has 2 aromatic rings. The van der Waals surface area contributed by atoms with Crippen LogP contribution in [-0.2, 0) is 19.6 Å². The van der Waals surface area contributed by atoms with Crippen LogP contribution in [0.15, 0.2) is 35.4 Å². The fraction of sp³-hybridized carbons (Fsp3) is 0.350. The minimum absolute atomic E-state index is 0.111. The van der Waals surface area contributed by atoms with Crippen molar-refractivity contribution in [2.75, 3.05) is 29.3 Å². The van der Waals surface area contributed by atoms with E-state index in [1.807, 2.05) is 4.72 Å². The number of esters is 1. The van der Waals surface area contributed by atoms with Crippen LogP contribution in [0.4, 0.5) is 20.3 Å². The van der Waals surface area contributed by atoms with E-state index in [4.69, 9.17) is 4.74 Å². The quantitative estimate of drug-likeness (QED) is 0.593. The van der Waals surface area contributed by atoms with Crippen LogP contribution in [0.1, 0.15) is 30.1 Å². The molecule has 2 N–H and O–H groups in total. The highest BCUT2D eigenvalue weighted by Crippen LogP contribution is 2.28. The van der Waals surface area contributed by atoms with Gasteiger partial charge in [0.15, 0.2) is 0 Å². The molecule has 0 unspecified atom stereocenters. The van der Waals surface area contributed by atoms with Gasteiger partial charge in [-0.3, -0.25) is 9.52 Å². The number of nitrogens with one attached hydrogen (secondary N) is 1. The SMILES string of the molecule is CCOC(=O)C1CCN(c2ncc(NS(=O)(=O)c3cc(F)ccc3F)cc2C(=O)O)CC1. The molecule has 1 saturated heterocycles. The molecule has 0 bridgehead atoms. The highest BCUT2D eigenvalue weighted by Gasteiger charge is 2.29. The second kappa shape index (κ2) is 9.47. The van der Waals surface area contributed by atoms with Crippen molar-refractivity contribution >= 4 is 33.5 Å². The van der Waals surface area contributed by atoms with E-state index in [9.17, 15) is 31.9 Å². The van der Waals surface area contributed by atoms with Gasteiger partial charge in [0.05, 0.1) is 24.4 Å². The zero-order chi connectivity index (χ0) is 23.5. The molecule has 172 valence electrons. The molecule has 0 spiro atoms. The van der Waals surface area contributed by atoms with Crippen LogP contribution in [-0.4, -0.2) is 50.1 Å². The number of carbonyl (C=O) groups excluding carboxylic acids is 1. The normalized spacial score (nSPS) is 14.8. The Hall–Kier alpha value is -3.28. The van der Waals surface area contributed by atoms with Gasteiger partial charge in [0, 0.05) is 13.1 Å². The molecule has 0 amide bonds. The third-order valence-electron chi connectivity index (χ3n) is 4.95. The molecular formula is C20H21F2N3O6S. The van der Waals surface area contributed by atoms with E-state index in [2.05, 4.69) is 4.98 Å². The molecular weight excluding hydrogens is 448 g/mol. The minimum atomic E-state index is -4.53. The topological polar surface area (TPSA) is 126 Å². The van der Waals surface area contributed by atoms with Crippen molar-refractivity contribution in [3.05, 3.63) is 47.7 Å². The summed E-state index contributed by atoms with van der Waals surface area (Å²) in [6.45, 7) is 2.71. The van der Waals surface area contributed by atoms with E-state index in [1.54, 1.807) is 11.8 Å². The van der Waals surface area contributed by atoms with Gasteiger partial charge < -0.3 is 14.7 Å². The zero-order valence-electron chi connectivity index (χ0n) is 17.0. The maximum atomic E-state index is 13.9. The lowest BCUT2D eigenvalue weighted by molar-refractivity contribution is -0.148. The van der Waals surface area contributed by atoms with Gasteiger partial charge >= 0.3 is 11.9 Å². The number of nitrogens with zero attached hydrogens (tertiary/aromatic N) is 2. The number of halogens is 2. The van der Waals surface area contributed by atoms with Crippen molar-refractivity contribution in [1.82, 2.24) is 4.98 Å². The summed E-state index contributed by atoms with van der Waals surface area (Å²) in [5.74, 6) is -3.93. The van der Waals surface area contributed by atoms with Crippen molar-refractivity contribution < 1.29 is 36.6 Å². The van der Waals surface area contributed by atoms with Gasteiger partial charge in [-0.2, -0.15) is 0 Å². The standard InChI is InChI=1S/C20H21F2N3O6S/c1-2-31-20(28)12-5-7-25(8-6-12)18-15(19(26)27)10-14(11-23-18)24-32(29,30)17-9-13(21)3-4-16(17)22/h3-4,9-12,24H,2,5-8H2,1H3,(H,26,27). The molecule has 1 aromatic heterocycles. The predicted octanol–water partition coefficient (Wildman–Crippen LogP) is 2.64. The Morgan fingerprint density at radius 3 is 2.56 bits per heavy atom. The Labute approximate surface area is 183 Å². The van der Waals surface area contributed by atoms with E-state index in [0.29, 0.717) is 38.1 Å². The number of piperidine rings is 1. The van der Waals surface area contributed by atoms with E-state index >= 15 is 0 Å². The number of pyridine rings is 1. The molecule has 32 heavy (non-hydrogen) atoms. The first-order chi connectivity index (χ1) is 15.1. The maximum absolute atomic E-state index is 13.9. The van der Waals surface area contributed by atoms with Crippen LogP contribution in [0.5, 0.6) is 0 Å². The van der Waals surface area contributed by atoms with E-state index in [-0.39, 0.29) is 35.6 Å². The number of aromatic nitrogens is 1. The largest absolute Gasteiger partial charge is 0.478 e. The number of sulfonamides is 1. The summed E-state index contributed by atoms with van der Waals surface area (Å²) in [6, 6.07) is 3.02. The summed E-state index contributed by atoms with van der Waals surface area (Å²) in [7, 11) is -4.53. The summed E-state index contributed by atoms with van der Waals surface area (Å²) in [5.41, 5.74) is -0.504. The molecule has 1 aliphatic rings. The van der Waals surface area contributed by atoms with Crippen LogP contribution in [0, 0.1) is 17.6 Å². The first-order valence-electron chi connectivity index (χ1n) is 9.75. The van der Waals surface area contributed by atoms with Crippen LogP contribution in [0.25, 0.3) is 0 Å². The highest BCUT2D eigenvalue weighted by molar-refractivity contribution is 7.92. The molecule has 0 atom stereocenters. The third kappa shape index (κ3) is 5.13. The van der Waals surface area contributed by atoms with Gasteiger partial charge in [-0.25, -0.2) is 27.0 Å². The van der Waals surface area contributed by atoms with Gasteiger partial charge in [0.1, 0.15) is 27.9 Å². The third-order valence-corrected chi connectivity index (χ3v) is 6.34. The Bertz CT molecular complexity index is 1130. The second-order valence-corrected chi connectivity index (χ2v) is 8.74. The van der Waals surface area contributed by atoms with Gasteiger partial charge in [0.25, 0.3) is 10.0 Å². The Morgan fingerprint density at radius 1 is 1.25 bits per heavy atom. The Balaban J connectivity index is 1.82. The lowest BCUT2D eigenvalue weighted by Crippen LogP contribution is -2.38. The first kappa shape index (κ1) is 23.4. The summed E-state index contributed by atoms with van der Waals surface area (Å²) >= 11 is 0. The lowest BCUT2D eigenvalue weighted by atomic mass is 9.96. The van der Waals surface area contributed by atoms with Crippen LogP contribution < -0.4 is 9.62 Å². The molecule has 0 aliphatic carbocycles. The maximum Gasteiger partial charge on any atom is 0.339 e. The number of carboxylic acid groups (broad SMARTS) is 1. The predicted molar refractivity (Wildman–Crippen MR) is 110 cm³/mol. The van der Waals surface area contributed by atoms with Gasteiger partial charge in [-0.15, -0.1) is 0 Å². The number of ether oxygens (including phenoxy) is 1. The molecule has 1 aliphatic heterocycles. The van der Waals surface area contributed by atoms with Crippen LogP contribution in [0.3, 0.4) is 0 Å². The Morgan fingerprint density at radius 2 is 1.94 bits per heavy atom. The van der Waals surface area contributed by atoms with Crippen molar-refractivity contribution in [2.24, 2.45) is 5.92 Å². The number of carboxylic acids is 1. The Kier molecular flexibility index (Phi) is 6.92. The van der Waals surface area contributed by atoms with Crippen molar-refractivity contribution in [1.29, 1.82) is 0 Å². The first-order valence-corrected chi connectivity index (χ1v) is 11.2. The lowest BCUT2D eigenvalue weighted by Gasteiger charge is -2.32. The number of benzene rings is 1. The fourth-order valence-electron chi connectivity index (χ4n) is 3.40. The van der Waals surface area contributed by atoms with Crippen molar-refractivity contribution in [2.45, 2.75) is 24.7 Å². The monoisotopic (exact) mass is 469 g/mol. The molecule has 2 heterocycles. The molecule has 1 fully saturated rings. The number of hydrogen-bond donors (Lipinski definition) is 2. The summed E-state index contributed by atoms with van der Waals surface area (Å²) in [4.78, 5) is 28.5.